The third-order valence-electron chi connectivity index (χ3n) is 1.92. The molecule has 3 heteroatoms. The summed E-state index contributed by atoms with van der Waals surface area (Å²) in [6.07, 6.45) is 4.64. The molecule has 1 amide bonds. The van der Waals surface area contributed by atoms with Crippen LogP contribution in [0.3, 0.4) is 0 Å². The van der Waals surface area contributed by atoms with Gasteiger partial charge in [-0.25, -0.2) is 0 Å². The van der Waals surface area contributed by atoms with Gasteiger partial charge in [-0.05, 0) is 29.8 Å². The highest BCUT2D eigenvalue weighted by Crippen LogP contribution is 2.17. The lowest BCUT2D eigenvalue weighted by molar-refractivity contribution is -0.113. The molecule has 1 aromatic heterocycles. The number of furan rings is 1. The minimum absolute atomic E-state index is 0.447. The summed E-state index contributed by atoms with van der Waals surface area (Å²) >= 11 is 0. The van der Waals surface area contributed by atoms with Crippen molar-refractivity contribution in [1.29, 1.82) is 0 Å². The predicted molar refractivity (Wildman–Crippen MR) is 54.4 cm³/mol. The first-order valence-electron chi connectivity index (χ1n) is 4.20. The van der Waals surface area contributed by atoms with Crippen molar-refractivity contribution in [1.82, 2.24) is 0 Å². The van der Waals surface area contributed by atoms with E-state index in [2.05, 4.69) is 0 Å². The number of carbonyl (C=O) groups is 1. The summed E-state index contributed by atoms with van der Waals surface area (Å²) in [6, 6.07) is 7.52. The van der Waals surface area contributed by atoms with E-state index in [0.717, 1.165) is 16.5 Å². The van der Waals surface area contributed by atoms with Crippen LogP contribution < -0.4 is 5.73 Å². The Morgan fingerprint density at radius 2 is 2.21 bits per heavy atom. The largest absolute Gasteiger partial charge is 0.464 e. The van der Waals surface area contributed by atoms with Crippen LogP contribution in [0, 0.1) is 0 Å². The van der Waals surface area contributed by atoms with Crippen molar-refractivity contribution in [3.8, 4) is 0 Å². The van der Waals surface area contributed by atoms with E-state index < -0.39 is 5.91 Å². The summed E-state index contributed by atoms with van der Waals surface area (Å²) in [5.74, 6) is -0.447. The molecule has 0 unspecified atom stereocenters. The molecule has 0 aliphatic carbocycles. The number of hydrogen-bond donors (Lipinski definition) is 1. The maximum atomic E-state index is 10.5. The number of amides is 1. The van der Waals surface area contributed by atoms with Gasteiger partial charge in [-0.3, -0.25) is 4.79 Å². The molecule has 2 rings (SSSR count). The minimum Gasteiger partial charge on any atom is -0.464 e. The van der Waals surface area contributed by atoms with E-state index in [0.29, 0.717) is 0 Å². The number of nitrogens with two attached hydrogens (primary N) is 1. The fourth-order valence-corrected chi connectivity index (χ4v) is 1.27. The van der Waals surface area contributed by atoms with Crippen molar-refractivity contribution >= 4 is 23.0 Å². The zero-order valence-corrected chi connectivity index (χ0v) is 7.44. The summed E-state index contributed by atoms with van der Waals surface area (Å²) in [6.45, 7) is 0. The second-order valence-corrected chi connectivity index (χ2v) is 2.95. The highest BCUT2D eigenvalue weighted by atomic mass is 16.3. The van der Waals surface area contributed by atoms with E-state index in [1.165, 1.54) is 6.08 Å². The number of benzene rings is 1. The lowest BCUT2D eigenvalue weighted by atomic mass is 10.1. The molecule has 1 aromatic carbocycles. The zero-order valence-electron chi connectivity index (χ0n) is 7.44. The molecule has 70 valence electrons. The van der Waals surface area contributed by atoms with Crippen LogP contribution in [0.5, 0.6) is 0 Å². The van der Waals surface area contributed by atoms with Gasteiger partial charge in [0.15, 0.2) is 0 Å². The summed E-state index contributed by atoms with van der Waals surface area (Å²) < 4.78 is 5.18. The van der Waals surface area contributed by atoms with Gasteiger partial charge in [-0.15, -0.1) is 0 Å². The van der Waals surface area contributed by atoms with Crippen molar-refractivity contribution in [3.63, 3.8) is 0 Å². The Balaban J connectivity index is 2.39. The van der Waals surface area contributed by atoms with Crippen molar-refractivity contribution < 1.29 is 9.21 Å². The Kier molecular flexibility index (Phi) is 2.07. The smallest absolute Gasteiger partial charge is 0.241 e. The monoisotopic (exact) mass is 187 g/mol. The van der Waals surface area contributed by atoms with Gasteiger partial charge in [-0.1, -0.05) is 6.07 Å². The highest BCUT2D eigenvalue weighted by Gasteiger charge is 1.96. The molecule has 2 aromatic rings. The molecule has 0 fully saturated rings. The van der Waals surface area contributed by atoms with E-state index in [9.17, 15) is 4.79 Å². The van der Waals surface area contributed by atoms with Crippen LogP contribution >= 0.6 is 0 Å². The Morgan fingerprint density at radius 3 is 3.00 bits per heavy atom. The molecular formula is C11H9NO2. The van der Waals surface area contributed by atoms with Gasteiger partial charge in [0.05, 0.1) is 6.26 Å². The van der Waals surface area contributed by atoms with Crippen molar-refractivity contribution in [2.75, 3.05) is 0 Å². The Morgan fingerprint density at radius 1 is 1.36 bits per heavy atom. The molecule has 0 aliphatic heterocycles. The second-order valence-electron chi connectivity index (χ2n) is 2.95. The first-order valence-corrected chi connectivity index (χ1v) is 4.20. The SMILES string of the molecule is NC(=O)/C=C\c1ccc2occc2c1. The zero-order chi connectivity index (χ0) is 9.97. The lowest BCUT2D eigenvalue weighted by Gasteiger charge is -1.92. The molecular weight excluding hydrogens is 178 g/mol. The van der Waals surface area contributed by atoms with Crippen LogP contribution in [0.2, 0.25) is 0 Å². The summed E-state index contributed by atoms with van der Waals surface area (Å²) in [5, 5.41) is 1.01. The Bertz CT molecular complexity index is 497. The molecule has 14 heavy (non-hydrogen) atoms. The molecule has 0 saturated heterocycles. The number of fused-ring (bicyclic) bond motifs is 1. The fraction of sp³-hybridized carbons (Fsp3) is 0. The molecule has 0 spiro atoms. The highest BCUT2D eigenvalue weighted by molar-refractivity contribution is 5.91. The van der Waals surface area contributed by atoms with Crippen LogP contribution in [-0.2, 0) is 4.79 Å². The van der Waals surface area contributed by atoms with Gasteiger partial charge in [-0.2, -0.15) is 0 Å². The first-order chi connectivity index (χ1) is 6.75. The topological polar surface area (TPSA) is 56.2 Å². The molecule has 1 heterocycles. The third kappa shape index (κ3) is 1.66. The minimum atomic E-state index is -0.447. The standard InChI is InChI=1S/C11H9NO2/c12-11(13)4-2-8-1-3-10-9(7-8)5-6-14-10/h1-7H,(H2,12,13)/b4-2-. The van der Waals surface area contributed by atoms with Crippen LogP contribution in [0.4, 0.5) is 0 Å². The van der Waals surface area contributed by atoms with Gasteiger partial charge in [0.25, 0.3) is 0 Å². The molecule has 3 nitrogen and oxygen atoms in total. The van der Waals surface area contributed by atoms with Crippen LogP contribution in [0.1, 0.15) is 5.56 Å². The van der Waals surface area contributed by atoms with Gasteiger partial charge in [0.1, 0.15) is 5.58 Å². The van der Waals surface area contributed by atoms with Crippen LogP contribution in [0.25, 0.3) is 17.0 Å². The van der Waals surface area contributed by atoms with Crippen molar-refractivity contribution in [2.45, 2.75) is 0 Å². The number of primary amides is 1. The van der Waals surface area contributed by atoms with Crippen molar-refractivity contribution in [3.05, 3.63) is 42.2 Å². The quantitative estimate of drug-likeness (QED) is 0.730. The molecule has 0 aliphatic rings. The van der Waals surface area contributed by atoms with Crippen LogP contribution in [-0.4, -0.2) is 5.91 Å². The number of carbonyl (C=O) groups excluding carboxylic acids is 1. The molecule has 2 N–H and O–H groups in total. The Hall–Kier alpha value is -2.03. The lowest BCUT2D eigenvalue weighted by Crippen LogP contribution is -2.04. The van der Waals surface area contributed by atoms with E-state index in [1.54, 1.807) is 12.3 Å². The predicted octanol–water partition coefficient (Wildman–Crippen LogP) is 1.93. The summed E-state index contributed by atoms with van der Waals surface area (Å²) in [4.78, 5) is 10.5. The van der Waals surface area contributed by atoms with Gasteiger partial charge >= 0.3 is 0 Å². The summed E-state index contributed by atoms with van der Waals surface area (Å²) in [5.41, 5.74) is 6.75. The average molecular weight is 187 g/mol. The number of rotatable bonds is 2. The molecule has 0 atom stereocenters. The first kappa shape index (κ1) is 8.56. The molecule has 0 saturated carbocycles. The number of hydrogen-bond acceptors (Lipinski definition) is 2. The van der Waals surface area contributed by atoms with Crippen molar-refractivity contribution in [2.24, 2.45) is 5.73 Å². The van der Waals surface area contributed by atoms with Crippen LogP contribution in [0.15, 0.2) is 41.0 Å². The average Bonchev–Trinajstić information content (AvgIpc) is 2.61. The third-order valence-corrected chi connectivity index (χ3v) is 1.92. The normalized spacial score (nSPS) is 11.1. The Labute approximate surface area is 80.8 Å². The maximum absolute atomic E-state index is 10.5. The second kappa shape index (κ2) is 3.38. The van der Waals surface area contributed by atoms with Gasteiger partial charge < -0.3 is 10.2 Å². The van der Waals surface area contributed by atoms with E-state index in [-0.39, 0.29) is 0 Å². The molecule has 0 bridgehead atoms. The van der Waals surface area contributed by atoms with E-state index in [1.807, 2.05) is 24.3 Å². The fourth-order valence-electron chi connectivity index (χ4n) is 1.27. The molecule has 0 radical (unpaired) electrons. The van der Waals surface area contributed by atoms with E-state index >= 15 is 0 Å². The van der Waals surface area contributed by atoms with Gasteiger partial charge in [0, 0.05) is 11.5 Å². The maximum Gasteiger partial charge on any atom is 0.241 e. The summed E-state index contributed by atoms with van der Waals surface area (Å²) in [7, 11) is 0. The van der Waals surface area contributed by atoms with E-state index in [4.69, 9.17) is 10.2 Å². The van der Waals surface area contributed by atoms with Gasteiger partial charge in [0.2, 0.25) is 5.91 Å².